The highest BCUT2D eigenvalue weighted by Crippen LogP contribution is 2.31. The van der Waals surface area contributed by atoms with Gasteiger partial charge in [0.05, 0.1) is 0 Å². The monoisotopic (exact) mass is 338 g/mol. The molecule has 0 saturated heterocycles. The number of carbonyl (C=O) groups is 1. The van der Waals surface area contributed by atoms with Crippen molar-refractivity contribution in [1.29, 1.82) is 0 Å². The van der Waals surface area contributed by atoms with Gasteiger partial charge in [-0.05, 0) is 23.6 Å². The predicted octanol–water partition coefficient (Wildman–Crippen LogP) is 2.93. The summed E-state index contributed by atoms with van der Waals surface area (Å²) in [5, 5.41) is 8.96. The number of carboxylic acid groups (broad SMARTS) is 1. The SMILES string of the molecule is O=C(O)c1cc2c(cn1)CN(c1cc(F)c(F)c(OCF)c1)CC2. The molecule has 126 valence electrons. The summed E-state index contributed by atoms with van der Waals surface area (Å²) < 4.78 is 44.0. The van der Waals surface area contributed by atoms with Gasteiger partial charge in [0.15, 0.2) is 11.6 Å². The number of aromatic carboxylic acids is 1. The first-order chi connectivity index (χ1) is 11.5. The van der Waals surface area contributed by atoms with E-state index in [0.29, 0.717) is 25.2 Å². The molecule has 1 aromatic heterocycles. The number of nitrogens with zero attached hydrogens (tertiary/aromatic N) is 2. The fourth-order valence-electron chi connectivity index (χ4n) is 2.67. The van der Waals surface area contributed by atoms with E-state index in [1.807, 2.05) is 0 Å². The summed E-state index contributed by atoms with van der Waals surface area (Å²) in [6.45, 7) is -0.441. The molecule has 5 nitrogen and oxygen atoms in total. The maximum Gasteiger partial charge on any atom is 0.354 e. The van der Waals surface area contributed by atoms with Gasteiger partial charge >= 0.3 is 5.97 Å². The molecule has 2 heterocycles. The Hall–Kier alpha value is -2.77. The van der Waals surface area contributed by atoms with Crippen LogP contribution in [0.5, 0.6) is 5.75 Å². The molecular weight excluding hydrogens is 325 g/mol. The highest BCUT2D eigenvalue weighted by atomic mass is 19.2. The van der Waals surface area contributed by atoms with Crippen molar-refractivity contribution in [1.82, 2.24) is 4.98 Å². The Bertz CT molecular complexity index is 798. The standard InChI is InChI=1S/C16H13F3N2O3/c17-8-24-14-5-11(4-12(18)15(14)19)21-2-1-9-3-13(16(22)23)20-6-10(9)7-21/h3-6H,1-2,7-8H2,(H,22,23). The number of anilines is 1. The molecule has 2 aromatic rings. The van der Waals surface area contributed by atoms with E-state index >= 15 is 0 Å². The minimum Gasteiger partial charge on any atom is -0.477 e. The van der Waals surface area contributed by atoms with Crippen LogP contribution in [0.25, 0.3) is 0 Å². The average Bonchev–Trinajstić information content (AvgIpc) is 2.58. The van der Waals surface area contributed by atoms with E-state index in [1.54, 1.807) is 4.90 Å². The van der Waals surface area contributed by atoms with Crippen molar-refractivity contribution in [3.63, 3.8) is 0 Å². The lowest BCUT2D eigenvalue weighted by atomic mass is 10.0. The van der Waals surface area contributed by atoms with Crippen LogP contribution in [0.2, 0.25) is 0 Å². The Morgan fingerprint density at radius 3 is 2.79 bits per heavy atom. The van der Waals surface area contributed by atoms with Crippen LogP contribution in [0.1, 0.15) is 21.6 Å². The Kier molecular flexibility index (Phi) is 4.28. The number of rotatable bonds is 4. The van der Waals surface area contributed by atoms with Gasteiger partial charge in [-0.25, -0.2) is 18.6 Å². The number of ether oxygens (including phenoxy) is 1. The van der Waals surface area contributed by atoms with Crippen LogP contribution in [0.4, 0.5) is 18.9 Å². The highest BCUT2D eigenvalue weighted by molar-refractivity contribution is 5.85. The van der Waals surface area contributed by atoms with Gasteiger partial charge in [0.2, 0.25) is 12.7 Å². The Balaban J connectivity index is 1.89. The summed E-state index contributed by atoms with van der Waals surface area (Å²) in [6, 6.07) is 3.77. The second-order valence-electron chi connectivity index (χ2n) is 5.31. The van der Waals surface area contributed by atoms with Gasteiger partial charge in [-0.15, -0.1) is 0 Å². The number of halogens is 3. The number of pyridine rings is 1. The minimum absolute atomic E-state index is 0.0336. The van der Waals surface area contributed by atoms with E-state index in [2.05, 4.69) is 9.72 Å². The first kappa shape index (κ1) is 16.1. The van der Waals surface area contributed by atoms with Gasteiger partial charge in [-0.1, -0.05) is 0 Å². The minimum atomic E-state index is -1.26. The molecular formula is C16H13F3N2O3. The molecule has 8 heteroatoms. The predicted molar refractivity (Wildman–Crippen MR) is 78.9 cm³/mol. The summed E-state index contributed by atoms with van der Waals surface area (Å²) in [4.78, 5) is 16.6. The van der Waals surface area contributed by atoms with Crippen LogP contribution < -0.4 is 9.64 Å². The molecule has 0 unspecified atom stereocenters. The molecule has 1 aliphatic rings. The zero-order chi connectivity index (χ0) is 17.3. The third-order valence-electron chi connectivity index (χ3n) is 3.87. The van der Waals surface area contributed by atoms with Crippen molar-refractivity contribution >= 4 is 11.7 Å². The summed E-state index contributed by atoms with van der Waals surface area (Å²) in [7, 11) is 0. The third-order valence-corrected chi connectivity index (χ3v) is 3.87. The summed E-state index contributed by atoms with van der Waals surface area (Å²) in [5.41, 5.74) is 1.96. The van der Waals surface area contributed by atoms with E-state index in [9.17, 15) is 18.0 Å². The molecule has 0 saturated carbocycles. The molecule has 0 radical (unpaired) electrons. The molecule has 3 rings (SSSR count). The largest absolute Gasteiger partial charge is 0.477 e. The van der Waals surface area contributed by atoms with Gasteiger partial charge in [0.1, 0.15) is 5.69 Å². The maximum absolute atomic E-state index is 13.7. The lowest BCUT2D eigenvalue weighted by molar-refractivity contribution is 0.0690. The molecule has 0 aliphatic carbocycles. The Labute approximate surface area is 135 Å². The van der Waals surface area contributed by atoms with E-state index in [-0.39, 0.29) is 5.69 Å². The topological polar surface area (TPSA) is 62.7 Å². The fourth-order valence-corrected chi connectivity index (χ4v) is 2.67. The maximum atomic E-state index is 13.7. The Morgan fingerprint density at radius 2 is 2.08 bits per heavy atom. The number of fused-ring (bicyclic) bond motifs is 1. The number of alkyl halides is 1. The highest BCUT2D eigenvalue weighted by Gasteiger charge is 2.21. The zero-order valence-corrected chi connectivity index (χ0v) is 12.4. The molecule has 0 bridgehead atoms. The summed E-state index contributed by atoms with van der Waals surface area (Å²) >= 11 is 0. The zero-order valence-electron chi connectivity index (χ0n) is 12.4. The first-order valence-electron chi connectivity index (χ1n) is 7.13. The number of benzene rings is 1. The van der Waals surface area contributed by atoms with E-state index < -0.39 is 30.2 Å². The Morgan fingerprint density at radius 1 is 1.29 bits per heavy atom. The molecule has 1 N–H and O–H groups in total. The molecule has 1 aliphatic heterocycles. The van der Waals surface area contributed by atoms with Crippen molar-refractivity contribution in [2.24, 2.45) is 0 Å². The van der Waals surface area contributed by atoms with E-state index in [4.69, 9.17) is 5.11 Å². The van der Waals surface area contributed by atoms with Crippen LogP contribution in [-0.4, -0.2) is 29.5 Å². The lowest BCUT2D eigenvalue weighted by Crippen LogP contribution is -2.31. The van der Waals surface area contributed by atoms with E-state index in [0.717, 1.165) is 17.2 Å². The van der Waals surface area contributed by atoms with Gasteiger partial charge in [0.25, 0.3) is 0 Å². The van der Waals surface area contributed by atoms with E-state index in [1.165, 1.54) is 18.3 Å². The average molecular weight is 338 g/mol. The van der Waals surface area contributed by atoms with Crippen LogP contribution in [-0.2, 0) is 13.0 Å². The van der Waals surface area contributed by atoms with Crippen LogP contribution in [0.15, 0.2) is 24.4 Å². The summed E-state index contributed by atoms with van der Waals surface area (Å²) in [6.07, 6.45) is 1.99. The second-order valence-corrected chi connectivity index (χ2v) is 5.31. The normalized spacial score (nSPS) is 13.5. The third kappa shape index (κ3) is 2.99. The number of aromatic nitrogens is 1. The van der Waals surface area contributed by atoms with Crippen molar-refractivity contribution in [2.45, 2.75) is 13.0 Å². The van der Waals surface area contributed by atoms with Crippen molar-refractivity contribution < 1.29 is 27.8 Å². The molecule has 0 amide bonds. The van der Waals surface area contributed by atoms with Crippen molar-refractivity contribution in [2.75, 3.05) is 18.3 Å². The lowest BCUT2D eigenvalue weighted by Gasteiger charge is -2.31. The summed E-state index contributed by atoms with van der Waals surface area (Å²) in [5.74, 6) is -3.95. The molecule has 1 aromatic carbocycles. The van der Waals surface area contributed by atoms with Crippen molar-refractivity contribution in [3.05, 3.63) is 52.9 Å². The number of carboxylic acids is 1. The van der Waals surface area contributed by atoms with Gasteiger partial charge in [-0.2, -0.15) is 4.39 Å². The molecule has 0 atom stereocenters. The smallest absolute Gasteiger partial charge is 0.354 e. The van der Waals surface area contributed by atoms with Crippen LogP contribution in [0.3, 0.4) is 0 Å². The number of hydrogen-bond donors (Lipinski definition) is 1. The number of hydrogen-bond acceptors (Lipinski definition) is 4. The van der Waals surface area contributed by atoms with Crippen molar-refractivity contribution in [3.8, 4) is 5.75 Å². The molecule has 0 spiro atoms. The van der Waals surface area contributed by atoms with Crippen LogP contribution >= 0.6 is 0 Å². The van der Waals surface area contributed by atoms with Crippen LogP contribution in [0, 0.1) is 11.6 Å². The van der Waals surface area contributed by atoms with Gasteiger partial charge < -0.3 is 14.7 Å². The second kappa shape index (κ2) is 6.38. The quantitative estimate of drug-likeness (QED) is 0.929. The fraction of sp³-hybridized carbons (Fsp3) is 0.250. The van der Waals surface area contributed by atoms with Gasteiger partial charge in [0, 0.05) is 37.1 Å². The molecule has 24 heavy (non-hydrogen) atoms. The van der Waals surface area contributed by atoms with Gasteiger partial charge in [-0.3, -0.25) is 0 Å². The first-order valence-corrected chi connectivity index (χ1v) is 7.13. The molecule has 0 fully saturated rings.